The number of amides is 1. The summed E-state index contributed by atoms with van der Waals surface area (Å²) in [4.78, 5) is 15.8. The van der Waals surface area contributed by atoms with Crippen LogP contribution in [0.3, 0.4) is 0 Å². The summed E-state index contributed by atoms with van der Waals surface area (Å²) in [5, 5.41) is 11.7. The van der Waals surface area contributed by atoms with Crippen molar-refractivity contribution in [2.24, 2.45) is 0 Å². The van der Waals surface area contributed by atoms with Gasteiger partial charge in [0.15, 0.2) is 5.16 Å². The second-order valence-electron chi connectivity index (χ2n) is 4.00. The Bertz CT molecular complexity index is 590. The minimum atomic E-state index is -0.170. The molecular formula is C12H14ClN5O2S. The Hall–Kier alpha value is -1.64. The van der Waals surface area contributed by atoms with Gasteiger partial charge in [0.25, 0.3) is 0 Å². The van der Waals surface area contributed by atoms with Gasteiger partial charge in [-0.3, -0.25) is 4.79 Å². The molecule has 112 valence electrons. The van der Waals surface area contributed by atoms with Crippen LogP contribution in [0, 0.1) is 0 Å². The van der Waals surface area contributed by atoms with E-state index in [1.807, 2.05) is 4.57 Å². The number of nitrogens with one attached hydrogen (secondary N) is 1. The fraction of sp³-hybridized carbons (Fsp3) is 0.333. The van der Waals surface area contributed by atoms with E-state index in [4.69, 9.17) is 16.3 Å². The molecule has 2 rings (SSSR count). The van der Waals surface area contributed by atoms with E-state index < -0.39 is 0 Å². The average molecular weight is 328 g/mol. The minimum absolute atomic E-state index is 0.170. The van der Waals surface area contributed by atoms with Crippen LogP contribution < -0.4 is 5.32 Å². The summed E-state index contributed by atoms with van der Waals surface area (Å²) in [5.74, 6) is 0.512. The Morgan fingerprint density at radius 2 is 2.38 bits per heavy atom. The molecule has 2 aromatic heterocycles. The van der Waals surface area contributed by atoms with E-state index in [1.54, 1.807) is 25.6 Å². The molecule has 2 aromatic rings. The first kappa shape index (κ1) is 15.7. The topological polar surface area (TPSA) is 81.9 Å². The highest BCUT2D eigenvalue weighted by atomic mass is 35.5. The molecule has 0 radical (unpaired) electrons. The summed E-state index contributed by atoms with van der Waals surface area (Å²) < 4.78 is 6.84. The maximum absolute atomic E-state index is 11.8. The van der Waals surface area contributed by atoms with Gasteiger partial charge in [-0.05, 0) is 12.1 Å². The van der Waals surface area contributed by atoms with Gasteiger partial charge in [-0.1, -0.05) is 23.4 Å². The Balaban J connectivity index is 1.83. The fourth-order valence-corrected chi connectivity index (χ4v) is 2.31. The van der Waals surface area contributed by atoms with Crippen molar-refractivity contribution >= 4 is 35.1 Å². The SMILES string of the molecule is COCCn1cnnc1SCC(=O)Nc1ccc(Cl)cn1. The van der Waals surface area contributed by atoms with Gasteiger partial charge >= 0.3 is 0 Å². The zero-order chi connectivity index (χ0) is 15.1. The zero-order valence-corrected chi connectivity index (χ0v) is 12.9. The number of hydrogen-bond donors (Lipinski definition) is 1. The Labute approximate surface area is 131 Å². The number of ether oxygens (including phenoxy) is 1. The van der Waals surface area contributed by atoms with Crippen LogP contribution in [0.4, 0.5) is 5.82 Å². The molecule has 0 aliphatic rings. The second kappa shape index (κ2) is 7.96. The van der Waals surface area contributed by atoms with Gasteiger partial charge in [-0.2, -0.15) is 0 Å². The Kier molecular flexibility index (Phi) is 5.97. The van der Waals surface area contributed by atoms with Crippen molar-refractivity contribution in [1.82, 2.24) is 19.7 Å². The van der Waals surface area contributed by atoms with Crippen molar-refractivity contribution in [3.05, 3.63) is 29.7 Å². The molecule has 9 heteroatoms. The van der Waals surface area contributed by atoms with E-state index in [2.05, 4.69) is 20.5 Å². The van der Waals surface area contributed by atoms with Crippen LogP contribution in [0.5, 0.6) is 0 Å². The number of nitrogens with zero attached hydrogens (tertiary/aromatic N) is 4. The standard InChI is InChI=1S/C12H14ClN5O2S/c1-20-5-4-18-8-15-17-12(18)21-7-11(19)16-10-3-2-9(13)6-14-10/h2-3,6,8H,4-5,7H2,1H3,(H,14,16,19). The lowest BCUT2D eigenvalue weighted by Crippen LogP contribution is -2.15. The third kappa shape index (κ3) is 5.00. The van der Waals surface area contributed by atoms with E-state index in [1.165, 1.54) is 18.0 Å². The summed E-state index contributed by atoms with van der Waals surface area (Å²) in [6.07, 6.45) is 3.09. The highest BCUT2D eigenvalue weighted by Gasteiger charge is 2.09. The Morgan fingerprint density at radius 1 is 1.52 bits per heavy atom. The monoisotopic (exact) mass is 327 g/mol. The minimum Gasteiger partial charge on any atom is -0.383 e. The van der Waals surface area contributed by atoms with Crippen molar-refractivity contribution in [2.75, 3.05) is 24.8 Å². The number of rotatable bonds is 7. The van der Waals surface area contributed by atoms with Crippen molar-refractivity contribution < 1.29 is 9.53 Å². The maximum Gasteiger partial charge on any atom is 0.236 e. The number of carbonyl (C=O) groups is 1. The Morgan fingerprint density at radius 3 is 3.10 bits per heavy atom. The zero-order valence-electron chi connectivity index (χ0n) is 11.3. The van der Waals surface area contributed by atoms with Gasteiger partial charge in [0, 0.05) is 19.9 Å². The largest absolute Gasteiger partial charge is 0.383 e. The second-order valence-corrected chi connectivity index (χ2v) is 5.38. The number of anilines is 1. The molecular weight excluding hydrogens is 314 g/mol. The van der Waals surface area contributed by atoms with E-state index in [-0.39, 0.29) is 11.7 Å². The van der Waals surface area contributed by atoms with Gasteiger partial charge in [0.2, 0.25) is 5.91 Å². The van der Waals surface area contributed by atoms with Crippen LogP contribution in [-0.2, 0) is 16.1 Å². The molecule has 2 heterocycles. The molecule has 0 fully saturated rings. The highest BCUT2D eigenvalue weighted by Crippen LogP contribution is 2.15. The number of pyridine rings is 1. The predicted octanol–water partition coefficient (Wildman–Crippen LogP) is 1.70. The molecule has 1 amide bonds. The van der Waals surface area contributed by atoms with Crippen LogP contribution in [0.15, 0.2) is 29.8 Å². The van der Waals surface area contributed by atoms with Crippen LogP contribution in [0.2, 0.25) is 5.02 Å². The van der Waals surface area contributed by atoms with Gasteiger partial charge < -0.3 is 14.6 Å². The molecule has 0 spiro atoms. The van der Waals surface area contributed by atoms with Gasteiger partial charge in [-0.15, -0.1) is 10.2 Å². The molecule has 0 saturated carbocycles. The maximum atomic E-state index is 11.8. The molecule has 0 aliphatic carbocycles. The summed E-state index contributed by atoms with van der Waals surface area (Å²) in [5.41, 5.74) is 0. The quantitative estimate of drug-likeness (QED) is 0.779. The first-order valence-electron chi connectivity index (χ1n) is 6.10. The van der Waals surface area contributed by atoms with Crippen LogP contribution in [0.1, 0.15) is 0 Å². The molecule has 0 saturated heterocycles. The number of halogens is 1. The fourth-order valence-electron chi connectivity index (χ4n) is 1.46. The molecule has 0 aromatic carbocycles. The van der Waals surface area contributed by atoms with Gasteiger partial charge in [0.1, 0.15) is 12.1 Å². The molecule has 7 nitrogen and oxygen atoms in total. The van der Waals surface area contributed by atoms with E-state index in [9.17, 15) is 4.79 Å². The first-order valence-corrected chi connectivity index (χ1v) is 7.46. The van der Waals surface area contributed by atoms with Crippen molar-refractivity contribution in [1.29, 1.82) is 0 Å². The average Bonchev–Trinajstić information content (AvgIpc) is 2.93. The first-order chi connectivity index (χ1) is 10.2. The number of aromatic nitrogens is 4. The van der Waals surface area contributed by atoms with Crippen molar-refractivity contribution in [2.45, 2.75) is 11.7 Å². The summed E-state index contributed by atoms with van der Waals surface area (Å²) in [7, 11) is 1.63. The van der Waals surface area contributed by atoms with E-state index in [0.717, 1.165) is 0 Å². The summed E-state index contributed by atoms with van der Waals surface area (Å²) in [6.45, 7) is 1.21. The van der Waals surface area contributed by atoms with Crippen molar-refractivity contribution in [3.8, 4) is 0 Å². The predicted molar refractivity (Wildman–Crippen MR) is 80.5 cm³/mol. The van der Waals surface area contributed by atoms with E-state index >= 15 is 0 Å². The van der Waals surface area contributed by atoms with Crippen LogP contribution >= 0.6 is 23.4 Å². The molecule has 21 heavy (non-hydrogen) atoms. The lowest BCUT2D eigenvalue weighted by atomic mass is 10.4. The lowest BCUT2D eigenvalue weighted by Gasteiger charge is -2.06. The van der Waals surface area contributed by atoms with Crippen molar-refractivity contribution in [3.63, 3.8) is 0 Å². The molecule has 1 N–H and O–H groups in total. The smallest absolute Gasteiger partial charge is 0.236 e. The van der Waals surface area contributed by atoms with Crippen LogP contribution in [-0.4, -0.2) is 45.1 Å². The highest BCUT2D eigenvalue weighted by molar-refractivity contribution is 7.99. The lowest BCUT2D eigenvalue weighted by molar-refractivity contribution is -0.113. The number of thioether (sulfide) groups is 1. The molecule has 0 atom stereocenters. The third-order valence-electron chi connectivity index (χ3n) is 2.44. The van der Waals surface area contributed by atoms with Crippen LogP contribution in [0.25, 0.3) is 0 Å². The molecule has 0 aliphatic heterocycles. The molecule has 0 bridgehead atoms. The summed E-state index contributed by atoms with van der Waals surface area (Å²) >= 11 is 7.03. The number of methoxy groups -OCH3 is 1. The molecule has 0 unspecified atom stereocenters. The van der Waals surface area contributed by atoms with Gasteiger partial charge in [0.05, 0.1) is 17.4 Å². The third-order valence-corrected chi connectivity index (χ3v) is 3.65. The summed E-state index contributed by atoms with van der Waals surface area (Å²) in [6, 6.07) is 3.31. The number of hydrogen-bond acceptors (Lipinski definition) is 6. The normalized spacial score (nSPS) is 10.6. The number of carbonyl (C=O) groups excluding carboxylic acids is 1. The van der Waals surface area contributed by atoms with E-state index in [0.29, 0.717) is 29.1 Å². The van der Waals surface area contributed by atoms with Gasteiger partial charge in [-0.25, -0.2) is 4.98 Å².